The van der Waals surface area contributed by atoms with Gasteiger partial charge in [0.2, 0.25) is 5.91 Å². The minimum atomic E-state index is -4.55. The second-order valence-electron chi connectivity index (χ2n) is 5.25. The maximum atomic E-state index is 12.6. The highest BCUT2D eigenvalue weighted by molar-refractivity contribution is 5.93. The zero-order chi connectivity index (χ0) is 18.0. The van der Waals surface area contributed by atoms with Gasteiger partial charge in [-0.3, -0.25) is 19.6 Å². The molecule has 130 valence electrons. The number of halogens is 3. The summed E-state index contributed by atoms with van der Waals surface area (Å²) in [5, 5.41) is 12.7. The molecule has 0 radical (unpaired) electrons. The monoisotopic (exact) mass is 350 g/mol. The van der Waals surface area contributed by atoms with Crippen LogP contribution in [0.1, 0.15) is 18.7 Å². The molecule has 25 heavy (non-hydrogen) atoms. The number of pyridine rings is 1. The molecule has 0 spiro atoms. The minimum Gasteiger partial charge on any atom is -0.307 e. The number of hydrogen-bond acceptors (Lipinski definition) is 4. The number of nitrogens with one attached hydrogen (secondary N) is 2. The van der Waals surface area contributed by atoms with E-state index in [1.807, 2.05) is 0 Å². The molecule has 0 saturated heterocycles. The summed E-state index contributed by atoms with van der Waals surface area (Å²) in [6.45, 7) is 1.44. The average molecular weight is 350 g/mol. The summed E-state index contributed by atoms with van der Waals surface area (Å²) >= 11 is 0. The zero-order valence-electron chi connectivity index (χ0n) is 12.9. The van der Waals surface area contributed by atoms with Gasteiger partial charge in [-0.1, -0.05) is 0 Å². The van der Waals surface area contributed by atoms with Crippen molar-refractivity contribution in [3.8, 4) is 11.3 Å². The number of aromatic amines is 1. The second kappa shape index (κ2) is 6.38. The van der Waals surface area contributed by atoms with Gasteiger partial charge < -0.3 is 5.32 Å². The lowest BCUT2D eigenvalue weighted by Crippen LogP contribution is -2.24. The molecule has 0 aliphatic carbocycles. The average Bonchev–Trinajstić information content (AvgIpc) is 3.24. The van der Waals surface area contributed by atoms with E-state index in [1.54, 1.807) is 30.6 Å². The molecule has 0 saturated carbocycles. The van der Waals surface area contributed by atoms with Crippen LogP contribution in [0.4, 0.5) is 19.0 Å². The van der Waals surface area contributed by atoms with Gasteiger partial charge in [0.15, 0.2) is 11.5 Å². The minimum absolute atomic E-state index is 0.256. The molecule has 0 aliphatic rings. The number of amides is 1. The van der Waals surface area contributed by atoms with Gasteiger partial charge in [-0.2, -0.15) is 23.4 Å². The van der Waals surface area contributed by atoms with E-state index in [1.165, 1.54) is 6.92 Å². The smallest absolute Gasteiger partial charge is 0.307 e. The summed E-state index contributed by atoms with van der Waals surface area (Å²) in [5.74, 6) is -0.281. The fraction of sp³-hybridized carbons (Fsp3) is 0.200. The number of aromatic nitrogens is 5. The van der Waals surface area contributed by atoms with Gasteiger partial charge in [0, 0.05) is 30.2 Å². The van der Waals surface area contributed by atoms with Gasteiger partial charge in [0.25, 0.3) is 0 Å². The van der Waals surface area contributed by atoms with Crippen LogP contribution in [0.3, 0.4) is 0 Å². The molecule has 3 aromatic rings. The maximum Gasteiger partial charge on any atom is 0.435 e. The van der Waals surface area contributed by atoms with Crippen molar-refractivity contribution in [2.45, 2.75) is 19.1 Å². The topological polar surface area (TPSA) is 88.5 Å². The molecule has 0 unspecified atom stereocenters. The van der Waals surface area contributed by atoms with Crippen molar-refractivity contribution in [3.63, 3.8) is 0 Å². The van der Waals surface area contributed by atoms with Crippen molar-refractivity contribution in [3.05, 3.63) is 48.5 Å². The van der Waals surface area contributed by atoms with Crippen molar-refractivity contribution in [1.82, 2.24) is 25.0 Å². The first kappa shape index (κ1) is 16.7. The van der Waals surface area contributed by atoms with Crippen LogP contribution < -0.4 is 5.32 Å². The third-order valence-corrected chi connectivity index (χ3v) is 3.50. The zero-order valence-corrected chi connectivity index (χ0v) is 12.9. The Morgan fingerprint density at radius 2 is 2.00 bits per heavy atom. The van der Waals surface area contributed by atoms with Crippen LogP contribution in [0.15, 0.2) is 42.9 Å². The maximum absolute atomic E-state index is 12.6. The molecule has 1 atom stereocenters. The summed E-state index contributed by atoms with van der Waals surface area (Å²) in [6.07, 6.45) is -0.206. The fourth-order valence-electron chi connectivity index (χ4n) is 2.12. The van der Waals surface area contributed by atoms with Gasteiger partial charge >= 0.3 is 6.18 Å². The summed E-state index contributed by atoms with van der Waals surface area (Å²) in [7, 11) is 0. The Balaban J connectivity index is 1.70. The third kappa shape index (κ3) is 3.67. The van der Waals surface area contributed by atoms with Crippen LogP contribution >= 0.6 is 0 Å². The first-order valence-electron chi connectivity index (χ1n) is 7.23. The molecule has 7 nitrogen and oxygen atoms in total. The van der Waals surface area contributed by atoms with E-state index in [9.17, 15) is 18.0 Å². The third-order valence-electron chi connectivity index (χ3n) is 3.50. The molecule has 0 aromatic carbocycles. The van der Waals surface area contributed by atoms with E-state index in [0.717, 1.165) is 22.5 Å². The Kier molecular flexibility index (Phi) is 4.26. The van der Waals surface area contributed by atoms with E-state index in [0.29, 0.717) is 5.69 Å². The standard InChI is InChI=1S/C15H13F3N6O/c1-9(24-7-4-12(23-24)15(16,17)18)14(25)20-13-8-11(21-22-13)10-2-5-19-6-3-10/h2-9H,1H3,(H2,20,21,22,25)/t9-/m0/s1. The Hall–Kier alpha value is -3.17. The van der Waals surface area contributed by atoms with E-state index in [2.05, 4.69) is 25.6 Å². The van der Waals surface area contributed by atoms with Gasteiger partial charge in [-0.05, 0) is 25.1 Å². The van der Waals surface area contributed by atoms with Crippen molar-refractivity contribution < 1.29 is 18.0 Å². The Morgan fingerprint density at radius 1 is 1.28 bits per heavy atom. The van der Waals surface area contributed by atoms with Crippen molar-refractivity contribution in [2.75, 3.05) is 5.32 Å². The quantitative estimate of drug-likeness (QED) is 0.757. The number of rotatable bonds is 4. The molecular formula is C15H13F3N6O. The van der Waals surface area contributed by atoms with E-state index in [4.69, 9.17) is 0 Å². The highest BCUT2D eigenvalue weighted by Crippen LogP contribution is 2.28. The predicted molar refractivity (Wildman–Crippen MR) is 82.4 cm³/mol. The van der Waals surface area contributed by atoms with Crippen LogP contribution in [0, 0.1) is 0 Å². The molecule has 3 heterocycles. The molecule has 1 amide bonds. The lowest BCUT2D eigenvalue weighted by atomic mass is 10.2. The van der Waals surface area contributed by atoms with Gasteiger partial charge in [0.05, 0.1) is 5.69 Å². The van der Waals surface area contributed by atoms with Crippen LogP contribution in [-0.2, 0) is 11.0 Å². The molecule has 2 N–H and O–H groups in total. The van der Waals surface area contributed by atoms with E-state index in [-0.39, 0.29) is 5.82 Å². The summed E-state index contributed by atoms with van der Waals surface area (Å²) in [4.78, 5) is 16.1. The van der Waals surface area contributed by atoms with Crippen LogP contribution in [0.5, 0.6) is 0 Å². The predicted octanol–water partition coefficient (Wildman–Crippen LogP) is 2.89. The summed E-state index contributed by atoms with van der Waals surface area (Å²) in [6, 6.07) is 5.04. The van der Waals surface area contributed by atoms with Gasteiger partial charge in [-0.15, -0.1) is 0 Å². The molecule has 10 heteroatoms. The number of hydrogen-bond donors (Lipinski definition) is 2. The van der Waals surface area contributed by atoms with Crippen LogP contribution in [0.2, 0.25) is 0 Å². The van der Waals surface area contributed by atoms with Gasteiger partial charge in [0.1, 0.15) is 6.04 Å². The molecule has 0 fully saturated rings. The summed E-state index contributed by atoms with van der Waals surface area (Å²) < 4.78 is 38.7. The number of carbonyl (C=O) groups excluding carboxylic acids is 1. The van der Waals surface area contributed by atoms with Crippen molar-refractivity contribution >= 4 is 11.7 Å². The van der Waals surface area contributed by atoms with E-state index >= 15 is 0 Å². The SMILES string of the molecule is C[C@@H](C(=O)Nc1cc(-c2ccncc2)[nH]n1)n1ccc(C(F)(F)F)n1. The second-order valence-corrected chi connectivity index (χ2v) is 5.25. The Morgan fingerprint density at radius 3 is 2.64 bits per heavy atom. The summed E-state index contributed by atoms with van der Waals surface area (Å²) in [5.41, 5.74) is 0.452. The Labute approximate surface area is 139 Å². The highest BCUT2D eigenvalue weighted by atomic mass is 19.4. The molecule has 0 aliphatic heterocycles. The number of H-pyrrole nitrogens is 1. The van der Waals surface area contributed by atoms with Crippen molar-refractivity contribution in [2.24, 2.45) is 0 Å². The number of alkyl halides is 3. The molecular weight excluding hydrogens is 337 g/mol. The molecule has 0 bridgehead atoms. The first-order chi connectivity index (χ1) is 11.8. The lowest BCUT2D eigenvalue weighted by molar-refractivity contribution is -0.141. The molecule has 3 rings (SSSR count). The number of carbonyl (C=O) groups is 1. The number of nitrogens with zero attached hydrogens (tertiary/aromatic N) is 4. The fourth-order valence-corrected chi connectivity index (χ4v) is 2.12. The van der Waals surface area contributed by atoms with E-state index < -0.39 is 23.8 Å². The van der Waals surface area contributed by atoms with Gasteiger partial charge in [-0.25, -0.2) is 0 Å². The van der Waals surface area contributed by atoms with Crippen LogP contribution in [-0.4, -0.2) is 30.9 Å². The van der Waals surface area contributed by atoms with Crippen LogP contribution in [0.25, 0.3) is 11.3 Å². The van der Waals surface area contributed by atoms with Crippen molar-refractivity contribution in [1.29, 1.82) is 0 Å². The normalized spacial score (nSPS) is 12.8. The highest BCUT2D eigenvalue weighted by Gasteiger charge is 2.34. The molecule has 3 aromatic heterocycles. The largest absolute Gasteiger partial charge is 0.435 e. The number of anilines is 1. The Bertz CT molecular complexity index is 871. The lowest BCUT2D eigenvalue weighted by Gasteiger charge is -2.11. The first-order valence-corrected chi connectivity index (χ1v) is 7.23.